The lowest BCUT2D eigenvalue weighted by Gasteiger charge is -2.45. The average Bonchev–Trinajstić information content (AvgIpc) is 2.54. The van der Waals surface area contributed by atoms with E-state index < -0.39 is 17.7 Å². The maximum atomic E-state index is 15.0. The zero-order valence-electron chi connectivity index (χ0n) is 16.2. The lowest BCUT2D eigenvalue weighted by Crippen LogP contribution is -2.47. The van der Waals surface area contributed by atoms with Crippen molar-refractivity contribution in [2.24, 2.45) is 0 Å². The van der Waals surface area contributed by atoms with Crippen LogP contribution in [0.25, 0.3) is 0 Å². The standard InChI is InChI=1S/C19H28FNO6/c1-18(2,3)26-11-5-6-14-13-9-15(25-4)17(27-19(22,23)24)16(20)12(13)7-8-21(14)10-11/h9,11,14,22-24H,5-8,10H2,1-4H3. The predicted molar refractivity (Wildman–Crippen MR) is 94.8 cm³/mol. The molecule has 3 N–H and O–H groups in total. The number of nitrogens with zero attached hydrogens (tertiary/aromatic N) is 1. The van der Waals surface area contributed by atoms with Gasteiger partial charge in [-0.15, -0.1) is 0 Å². The van der Waals surface area contributed by atoms with Gasteiger partial charge in [0, 0.05) is 19.1 Å². The molecule has 0 aromatic heterocycles. The largest absolute Gasteiger partial charge is 0.493 e. The minimum atomic E-state index is -3.48. The van der Waals surface area contributed by atoms with Crippen LogP contribution in [0.15, 0.2) is 6.07 Å². The van der Waals surface area contributed by atoms with Crippen molar-refractivity contribution < 1.29 is 33.9 Å². The van der Waals surface area contributed by atoms with Crippen molar-refractivity contribution >= 4 is 0 Å². The highest BCUT2D eigenvalue weighted by Gasteiger charge is 2.38. The zero-order valence-corrected chi connectivity index (χ0v) is 16.2. The summed E-state index contributed by atoms with van der Waals surface area (Å²) in [6.07, 6.45) is -1.22. The fraction of sp³-hybridized carbons (Fsp3) is 0.684. The molecular weight excluding hydrogens is 357 g/mol. The van der Waals surface area contributed by atoms with Crippen LogP contribution in [0, 0.1) is 5.82 Å². The van der Waals surface area contributed by atoms with Gasteiger partial charge in [0.2, 0.25) is 5.75 Å². The summed E-state index contributed by atoms with van der Waals surface area (Å²) in [6.45, 7) is 7.55. The fourth-order valence-electron chi connectivity index (χ4n) is 4.06. The smallest absolute Gasteiger partial charge is 0.453 e. The van der Waals surface area contributed by atoms with Crippen LogP contribution >= 0.6 is 0 Å². The zero-order chi connectivity index (χ0) is 20.0. The van der Waals surface area contributed by atoms with Gasteiger partial charge in [0.15, 0.2) is 11.6 Å². The van der Waals surface area contributed by atoms with Crippen LogP contribution < -0.4 is 9.47 Å². The molecule has 152 valence electrons. The quantitative estimate of drug-likeness (QED) is 0.679. The lowest BCUT2D eigenvalue weighted by molar-refractivity contribution is -0.420. The van der Waals surface area contributed by atoms with Crippen molar-refractivity contribution in [2.75, 3.05) is 20.2 Å². The molecule has 1 saturated heterocycles. The first-order chi connectivity index (χ1) is 12.5. The molecule has 1 aromatic rings. The van der Waals surface area contributed by atoms with E-state index in [-0.39, 0.29) is 23.5 Å². The van der Waals surface area contributed by atoms with Gasteiger partial charge < -0.3 is 29.5 Å². The number of rotatable bonds is 4. The summed E-state index contributed by atoms with van der Waals surface area (Å²) in [6, 6.07) is 1.69. The Morgan fingerprint density at radius 1 is 1.19 bits per heavy atom. The summed E-state index contributed by atoms with van der Waals surface area (Å²) in [7, 11) is 1.33. The molecule has 0 spiro atoms. The number of aliphatic hydroxyl groups is 3. The van der Waals surface area contributed by atoms with Crippen molar-refractivity contribution in [3.05, 3.63) is 23.0 Å². The van der Waals surface area contributed by atoms with Crippen LogP contribution in [0.2, 0.25) is 0 Å². The molecule has 0 amide bonds. The van der Waals surface area contributed by atoms with Crippen LogP contribution in [0.3, 0.4) is 0 Å². The average molecular weight is 385 g/mol. The Hall–Kier alpha value is -1.45. The van der Waals surface area contributed by atoms with Crippen molar-refractivity contribution in [3.8, 4) is 11.5 Å². The second-order valence-electron chi connectivity index (χ2n) is 8.16. The monoisotopic (exact) mass is 385 g/mol. The highest BCUT2D eigenvalue weighted by Crippen LogP contribution is 2.44. The van der Waals surface area contributed by atoms with E-state index in [1.165, 1.54) is 7.11 Å². The first-order valence-corrected chi connectivity index (χ1v) is 9.16. The maximum absolute atomic E-state index is 15.0. The minimum absolute atomic E-state index is 0.00249. The normalized spacial score (nSPS) is 23.6. The van der Waals surface area contributed by atoms with Gasteiger partial charge in [-0.25, -0.2) is 4.39 Å². The number of piperidine rings is 1. The first kappa shape index (κ1) is 20.3. The van der Waals surface area contributed by atoms with Crippen LogP contribution in [-0.4, -0.2) is 58.3 Å². The van der Waals surface area contributed by atoms with Gasteiger partial charge in [-0.05, 0) is 57.2 Å². The van der Waals surface area contributed by atoms with Crippen molar-refractivity contribution in [3.63, 3.8) is 0 Å². The summed E-state index contributed by atoms with van der Waals surface area (Å²) in [5.74, 6) is -1.25. The van der Waals surface area contributed by atoms with Crippen LogP contribution in [0.5, 0.6) is 11.5 Å². The van der Waals surface area contributed by atoms with E-state index in [1.807, 2.05) is 20.8 Å². The molecule has 0 bridgehead atoms. The summed E-state index contributed by atoms with van der Waals surface area (Å²) in [5.41, 5.74) is 1.04. The van der Waals surface area contributed by atoms with Gasteiger partial charge in [0.1, 0.15) is 0 Å². The van der Waals surface area contributed by atoms with E-state index in [0.717, 1.165) is 24.9 Å². The van der Waals surface area contributed by atoms with E-state index in [1.54, 1.807) is 6.07 Å². The van der Waals surface area contributed by atoms with Crippen LogP contribution in [-0.2, 0) is 11.2 Å². The van der Waals surface area contributed by atoms with Gasteiger partial charge >= 0.3 is 6.16 Å². The second-order valence-corrected chi connectivity index (χ2v) is 8.16. The topological polar surface area (TPSA) is 91.6 Å². The third-order valence-electron chi connectivity index (χ3n) is 4.95. The fourth-order valence-corrected chi connectivity index (χ4v) is 4.06. The third kappa shape index (κ3) is 4.52. The molecule has 2 aliphatic heterocycles. The maximum Gasteiger partial charge on any atom is 0.453 e. The molecule has 1 fully saturated rings. The highest BCUT2D eigenvalue weighted by atomic mass is 19.1. The summed E-state index contributed by atoms with van der Waals surface area (Å²) >= 11 is 0. The third-order valence-corrected chi connectivity index (χ3v) is 4.95. The Kier molecular flexibility index (Phi) is 5.39. The van der Waals surface area contributed by atoms with Crippen molar-refractivity contribution in [1.29, 1.82) is 0 Å². The number of methoxy groups -OCH3 is 1. The summed E-state index contributed by atoms with van der Waals surface area (Å²) < 4.78 is 30.8. The molecule has 3 rings (SSSR count). The van der Waals surface area contributed by atoms with Gasteiger partial charge in [-0.2, -0.15) is 0 Å². The molecule has 0 saturated carbocycles. The van der Waals surface area contributed by atoms with Crippen molar-refractivity contribution in [1.82, 2.24) is 4.90 Å². The second kappa shape index (κ2) is 7.18. The Morgan fingerprint density at radius 2 is 1.89 bits per heavy atom. The first-order valence-electron chi connectivity index (χ1n) is 9.16. The molecule has 2 atom stereocenters. The molecule has 0 radical (unpaired) electrons. The van der Waals surface area contributed by atoms with E-state index in [2.05, 4.69) is 9.64 Å². The molecular formula is C19H28FNO6. The van der Waals surface area contributed by atoms with E-state index in [9.17, 15) is 0 Å². The molecule has 2 unspecified atom stereocenters. The Bertz CT molecular complexity index is 697. The van der Waals surface area contributed by atoms with Crippen LogP contribution in [0.4, 0.5) is 4.39 Å². The van der Waals surface area contributed by atoms with Gasteiger partial charge in [0.25, 0.3) is 0 Å². The Morgan fingerprint density at radius 3 is 2.48 bits per heavy atom. The molecule has 2 heterocycles. The number of benzene rings is 1. The minimum Gasteiger partial charge on any atom is -0.493 e. The Balaban J connectivity index is 1.89. The van der Waals surface area contributed by atoms with Crippen molar-refractivity contribution in [2.45, 2.75) is 63.9 Å². The van der Waals surface area contributed by atoms with E-state index in [0.29, 0.717) is 18.5 Å². The predicted octanol–water partition coefficient (Wildman–Crippen LogP) is 1.68. The van der Waals surface area contributed by atoms with Gasteiger partial charge in [-0.3, -0.25) is 4.90 Å². The molecule has 8 heteroatoms. The molecule has 7 nitrogen and oxygen atoms in total. The van der Waals surface area contributed by atoms with E-state index in [4.69, 9.17) is 24.8 Å². The highest BCUT2D eigenvalue weighted by molar-refractivity contribution is 5.51. The number of hydrogen-bond donors (Lipinski definition) is 3. The number of fused-ring (bicyclic) bond motifs is 3. The molecule has 2 aliphatic rings. The van der Waals surface area contributed by atoms with Gasteiger partial charge in [-0.1, -0.05) is 0 Å². The SMILES string of the molecule is COc1cc2c(c(F)c1OC(O)(O)O)CCN1CC(OC(C)(C)C)CCC21. The van der Waals surface area contributed by atoms with Crippen LogP contribution in [0.1, 0.15) is 50.8 Å². The number of halogens is 1. The molecule has 27 heavy (non-hydrogen) atoms. The lowest BCUT2D eigenvalue weighted by atomic mass is 9.85. The summed E-state index contributed by atoms with van der Waals surface area (Å²) in [4.78, 5) is 2.29. The van der Waals surface area contributed by atoms with Gasteiger partial charge in [0.05, 0.1) is 18.8 Å². The van der Waals surface area contributed by atoms with E-state index >= 15 is 4.39 Å². The Labute approximate surface area is 158 Å². The number of hydrogen-bond acceptors (Lipinski definition) is 7. The molecule has 1 aromatic carbocycles. The number of ether oxygens (including phenoxy) is 3. The summed E-state index contributed by atoms with van der Waals surface area (Å²) in [5, 5.41) is 27.2. The molecule has 0 aliphatic carbocycles.